The molecule has 0 spiro atoms. The highest BCUT2D eigenvalue weighted by molar-refractivity contribution is 6.28. The van der Waals surface area contributed by atoms with Crippen molar-refractivity contribution in [2.24, 2.45) is 0 Å². The third kappa shape index (κ3) is 5.41. The zero-order chi connectivity index (χ0) is 37.9. The summed E-state index contributed by atoms with van der Waals surface area (Å²) in [5, 5.41) is 24.4. The molecule has 11 rings (SSSR count). The molecule has 0 aromatic heterocycles. The SMILES string of the molecule is N#Cc1ccc(N(c2ccc3c4ccc(-c5ccccc5)cc4c4ccccc4c3c2)c2ccc3c4ccc(-c5ccccc5)cc4c4ccccc4c3c2)cc1. The number of hydrogen-bond donors (Lipinski definition) is 0. The van der Waals surface area contributed by atoms with Crippen LogP contribution in [0.25, 0.3) is 86.9 Å². The van der Waals surface area contributed by atoms with E-state index in [-0.39, 0.29) is 0 Å². The summed E-state index contributed by atoms with van der Waals surface area (Å²) in [6, 6.07) is 76.5. The first kappa shape index (κ1) is 32.7. The first-order chi connectivity index (χ1) is 28.2. The first-order valence-electron chi connectivity index (χ1n) is 19.4. The fourth-order valence-corrected chi connectivity index (χ4v) is 8.92. The molecule has 0 saturated carbocycles. The van der Waals surface area contributed by atoms with Gasteiger partial charge in [0.1, 0.15) is 0 Å². The van der Waals surface area contributed by atoms with Crippen molar-refractivity contribution in [3.63, 3.8) is 0 Å². The van der Waals surface area contributed by atoms with Gasteiger partial charge in [0.05, 0.1) is 11.6 Å². The normalized spacial score (nSPS) is 11.5. The van der Waals surface area contributed by atoms with Gasteiger partial charge in [0.25, 0.3) is 0 Å². The molecule has 0 radical (unpaired) electrons. The Morgan fingerprint density at radius 2 is 0.596 bits per heavy atom. The van der Waals surface area contributed by atoms with Crippen LogP contribution in [0.15, 0.2) is 206 Å². The van der Waals surface area contributed by atoms with Gasteiger partial charge in [-0.1, -0.05) is 146 Å². The Labute approximate surface area is 330 Å². The van der Waals surface area contributed by atoms with Gasteiger partial charge in [-0.2, -0.15) is 5.26 Å². The molecule has 0 aliphatic carbocycles. The van der Waals surface area contributed by atoms with Crippen LogP contribution in [0.4, 0.5) is 17.1 Å². The maximum absolute atomic E-state index is 9.71. The predicted molar refractivity (Wildman–Crippen MR) is 242 cm³/mol. The molecule has 0 aliphatic rings. The number of nitrogens with zero attached hydrogens (tertiary/aromatic N) is 2. The van der Waals surface area contributed by atoms with Gasteiger partial charge in [0.2, 0.25) is 0 Å². The Morgan fingerprint density at radius 3 is 1.00 bits per heavy atom. The largest absolute Gasteiger partial charge is 0.310 e. The fraction of sp³-hybridized carbons (Fsp3) is 0. The number of rotatable bonds is 5. The number of benzene rings is 11. The van der Waals surface area contributed by atoms with Gasteiger partial charge in [0, 0.05) is 17.1 Å². The van der Waals surface area contributed by atoms with Crippen LogP contribution in [0.5, 0.6) is 0 Å². The Hall–Kier alpha value is -7.73. The highest BCUT2D eigenvalue weighted by atomic mass is 15.1. The van der Waals surface area contributed by atoms with E-state index in [2.05, 4.69) is 205 Å². The Balaban J connectivity index is 1.13. The minimum Gasteiger partial charge on any atom is -0.310 e. The second-order valence-electron chi connectivity index (χ2n) is 14.8. The van der Waals surface area contributed by atoms with Crippen molar-refractivity contribution in [1.29, 1.82) is 5.26 Å². The molecule has 0 heterocycles. The zero-order valence-corrected chi connectivity index (χ0v) is 31.0. The van der Waals surface area contributed by atoms with E-state index in [0.29, 0.717) is 5.56 Å². The molecule has 0 N–H and O–H groups in total. The lowest BCUT2D eigenvalue weighted by molar-refractivity contribution is 1.29. The lowest BCUT2D eigenvalue weighted by Crippen LogP contribution is -2.10. The quantitative estimate of drug-likeness (QED) is 0.165. The van der Waals surface area contributed by atoms with Crippen molar-refractivity contribution < 1.29 is 0 Å². The molecule has 0 saturated heterocycles. The van der Waals surface area contributed by atoms with Gasteiger partial charge in [-0.3, -0.25) is 0 Å². The van der Waals surface area contributed by atoms with Crippen LogP contribution in [0.1, 0.15) is 5.56 Å². The van der Waals surface area contributed by atoms with Crippen LogP contribution in [0.3, 0.4) is 0 Å². The monoisotopic (exact) mass is 722 g/mol. The maximum atomic E-state index is 9.71. The summed E-state index contributed by atoms with van der Waals surface area (Å²) in [6.45, 7) is 0. The molecule has 0 amide bonds. The third-order valence-corrected chi connectivity index (χ3v) is 11.6. The van der Waals surface area contributed by atoms with Crippen molar-refractivity contribution in [2.45, 2.75) is 0 Å². The molecule has 57 heavy (non-hydrogen) atoms. The van der Waals surface area contributed by atoms with Crippen LogP contribution in [-0.2, 0) is 0 Å². The number of nitriles is 1. The summed E-state index contributed by atoms with van der Waals surface area (Å²) >= 11 is 0. The summed E-state index contributed by atoms with van der Waals surface area (Å²) < 4.78 is 0. The molecule has 264 valence electrons. The maximum Gasteiger partial charge on any atom is 0.0991 e. The third-order valence-electron chi connectivity index (χ3n) is 11.6. The van der Waals surface area contributed by atoms with Gasteiger partial charge in [0.15, 0.2) is 0 Å². The minimum absolute atomic E-state index is 0.635. The zero-order valence-electron chi connectivity index (χ0n) is 31.0. The average Bonchev–Trinajstić information content (AvgIpc) is 3.29. The Kier molecular flexibility index (Phi) is 7.59. The van der Waals surface area contributed by atoms with Crippen molar-refractivity contribution in [3.05, 3.63) is 212 Å². The smallest absolute Gasteiger partial charge is 0.0991 e. The van der Waals surface area contributed by atoms with Gasteiger partial charge in [-0.25, -0.2) is 0 Å². The molecule has 0 fully saturated rings. The lowest BCUT2D eigenvalue weighted by Gasteiger charge is -2.27. The average molecular weight is 723 g/mol. The molecule has 11 aromatic rings. The highest BCUT2D eigenvalue weighted by Crippen LogP contribution is 2.44. The van der Waals surface area contributed by atoms with Gasteiger partial charge < -0.3 is 4.90 Å². The van der Waals surface area contributed by atoms with Crippen LogP contribution >= 0.6 is 0 Å². The van der Waals surface area contributed by atoms with Crippen molar-refractivity contribution in [1.82, 2.24) is 0 Å². The molecular weight excluding hydrogens is 689 g/mol. The molecular formula is C55H34N2. The van der Waals surface area contributed by atoms with E-state index in [4.69, 9.17) is 0 Å². The molecule has 0 atom stereocenters. The Bertz CT molecular complexity index is 3150. The Morgan fingerprint density at radius 1 is 0.263 bits per heavy atom. The van der Waals surface area contributed by atoms with Gasteiger partial charge in [-0.05, 0) is 148 Å². The second kappa shape index (κ2) is 13.2. The topological polar surface area (TPSA) is 27.0 Å². The van der Waals surface area contributed by atoms with Crippen LogP contribution in [-0.4, -0.2) is 0 Å². The first-order valence-corrected chi connectivity index (χ1v) is 19.4. The summed E-state index contributed by atoms with van der Waals surface area (Å²) in [5.74, 6) is 0. The fourth-order valence-electron chi connectivity index (χ4n) is 8.92. The lowest BCUT2D eigenvalue weighted by atomic mass is 9.91. The standard InChI is InChI=1S/C55H34N2/c56-35-36-19-23-41(24-20-36)57(42-25-29-50-48-27-21-39(37-11-3-1-4-12-37)31-52(48)44-15-7-9-17-46(44)54(50)33-42)43-26-30-51-49-28-22-40(38-13-5-2-6-14-38)32-53(49)45-16-8-10-18-47(45)55(51)34-43/h1-34H. The van der Waals surface area contributed by atoms with Crippen molar-refractivity contribution in [2.75, 3.05) is 4.90 Å². The summed E-state index contributed by atoms with van der Waals surface area (Å²) in [5.41, 5.74) is 8.58. The molecule has 0 bridgehead atoms. The number of anilines is 3. The predicted octanol–water partition coefficient (Wildman–Crippen LogP) is 15.3. The summed E-state index contributed by atoms with van der Waals surface area (Å²) in [4.78, 5) is 2.33. The minimum atomic E-state index is 0.635. The number of hydrogen-bond acceptors (Lipinski definition) is 2. The van der Waals surface area contributed by atoms with E-state index in [1.807, 2.05) is 12.1 Å². The molecule has 0 aliphatic heterocycles. The van der Waals surface area contributed by atoms with E-state index in [1.165, 1.54) is 86.9 Å². The van der Waals surface area contributed by atoms with Gasteiger partial charge >= 0.3 is 0 Å². The van der Waals surface area contributed by atoms with E-state index in [0.717, 1.165) is 17.1 Å². The molecule has 2 heteroatoms. The van der Waals surface area contributed by atoms with Crippen molar-refractivity contribution >= 4 is 81.7 Å². The molecule has 0 unspecified atom stereocenters. The molecule has 11 aromatic carbocycles. The van der Waals surface area contributed by atoms with Crippen LogP contribution in [0, 0.1) is 11.3 Å². The summed E-state index contributed by atoms with van der Waals surface area (Å²) in [7, 11) is 0. The summed E-state index contributed by atoms with van der Waals surface area (Å²) in [6.07, 6.45) is 0. The highest BCUT2D eigenvalue weighted by Gasteiger charge is 2.18. The van der Waals surface area contributed by atoms with E-state index < -0.39 is 0 Å². The van der Waals surface area contributed by atoms with E-state index >= 15 is 0 Å². The van der Waals surface area contributed by atoms with E-state index in [9.17, 15) is 5.26 Å². The van der Waals surface area contributed by atoms with E-state index in [1.54, 1.807) is 0 Å². The second-order valence-corrected chi connectivity index (χ2v) is 14.8. The van der Waals surface area contributed by atoms with Crippen LogP contribution < -0.4 is 4.90 Å². The van der Waals surface area contributed by atoms with Crippen molar-refractivity contribution in [3.8, 4) is 28.3 Å². The number of fused-ring (bicyclic) bond motifs is 12. The van der Waals surface area contributed by atoms with Gasteiger partial charge in [-0.15, -0.1) is 0 Å². The molecule has 2 nitrogen and oxygen atoms in total. The van der Waals surface area contributed by atoms with Crippen LogP contribution in [0.2, 0.25) is 0 Å².